The van der Waals surface area contributed by atoms with Crippen molar-refractivity contribution >= 4 is 10.8 Å². The minimum absolute atomic E-state index is 0.184. The fraction of sp³-hybridized carbons (Fsp3) is 0.167. The van der Waals surface area contributed by atoms with E-state index in [0.29, 0.717) is 5.75 Å². The molecule has 7 rings (SSSR count). The van der Waals surface area contributed by atoms with Crippen LogP contribution in [-0.2, 0) is 10.8 Å². The number of aryl methyl sites for hydroxylation is 2. The van der Waals surface area contributed by atoms with Crippen molar-refractivity contribution in [3.05, 3.63) is 149 Å². The average molecular weight is 479 g/mol. The van der Waals surface area contributed by atoms with E-state index in [-0.39, 0.29) is 10.8 Å². The highest BCUT2D eigenvalue weighted by molar-refractivity contribution is 6.05. The third kappa shape index (κ3) is 3.10. The molecule has 0 fully saturated rings. The van der Waals surface area contributed by atoms with Gasteiger partial charge in [-0.15, -0.1) is 0 Å². The van der Waals surface area contributed by atoms with E-state index in [1.54, 1.807) is 0 Å². The van der Waals surface area contributed by atoms with Gasteiger partial charge >= 0.3 is 0 Å². The summed E-state index contributed by atoms with van der Waals surface area (Å²) < 4.78 is 0. The fourth-order valence-electron chi connectivity index (χ4n) is 6.97. The minimum Gasteiger partial charge on any atom is -0.507 e. The van der Waals surface area contributed by atoms with Gasteiger partial charge in [-0.1, -0.05) is 114 Å². The number of hydrogen-bond donors (Lipinski definition) is 1. The number of phenolic OH excluding ortho intramolecular Hbond substituents is 1. The number of rotatable bonds is 2. The van der Waals surface area contributed by atoms with Crippen molar-refractivity contribution in [2.24, 2.45) is 0 Å². The Balaban J connectivity index is 1.51. The van der Waals surface area contributed by atoms with Gasteiger partial charge in [0.05, 0.1) is 0 Å². The summed E-state index contributed by atoms with van der Waals surface area (Å²) in [6.07, 6.45) is 6.86. The van der Waals surface area contributed by atoms with Gasteiger partial charge in [-0.05, 0) is 77.6 Å². The summed E-state index contributed by atoms with van der Waals surface area (Å²) in [4.78, 5) is 0. The molecule has 2 aliphatic rings. The van der Waals surface area contributed by atoms with E-state index in [2.05, 4.69) is 129 Å². The van der Waals surface area contributed by atoms with Gasteiger partial charge in [0.2, 0.25) is 0 Å². The summed E-state index contributed by atoms with van der Waals surface area (Å²) in [5.74, 6) is 0.373. The summed E-state index contributed by atoms with van der Waals surface area (Å²) in [5.41, 5.74) is 9.80. The summed E-state index contributed by atoms with van der Waals surface area (Å²) in [7, 11) is 0. The Morgan fingerprint density at radius 3 is 1.81 bits per heavy atom. The van der Waals surface area contributed by atoms with Gasteiger partial charge < -0.3 is 5.11 Å². The van der Waals surface area contributed by atoms with Crippen LogP contribution in [0.5, 0.6) is 5.75 Å². The van der Waals surface area contributed by atoms with E-state index >= 15 is 0 Å². The lowest BCUT2D eigenvalue weighted by Crippen LogP contribution is -2.35. The number of aromatic hydroxyl groups is 1. The monoisotopic (exact) mass is 478 g/mol. The first-order valence-electron chi connectivity index (χ1n) is 13.2. The third-order valence-corrected chi connectivity index (χ3v) is 8.82. The Morgan fingerprint density at radius 1 is 0.568 bits per heavy atom. The smallest absolute Gasteiger partial charge is 0.123 e. The highest BCUT2D eigenvalue weighted by Crippen LogP contribution is 2.59. The first kappa shape index (κ1) is 22.1. The molecule has 0 amide bonds. The Kier molecular flexibility index (Phi) is 4.75. The molecule has 5 aromatic rings. The van der Waals surface area contributed by atoms with E-state index in [0.717, 1.165) is 29.2 Å². The zero-order valence-corrected chi connectivity index (χ0v) is 21.3. The van der Waals surface area contributed by atoms with Crippen LogP contribution in [0.25, 0.3) is 21.9 Å². The predicted octanol–water partition coefficient (Wildman–Crippen LogP) is 8.77. The molecule has 180 valence electrons. The summed E-state index contributed by atoms with van der Waals surface area (Å²) in [5, 5.41) is 13.3. The molecule has 0 saturated carbocycles. The van der Waals surface area contributed by atoms with Crippen molar-refractivity contribution < 1.29 is 5.11 Å². The molecule has 0 aliphatic heterocycles. The molecule has 0 radical (unpaired) electrons. The molecule has 1 heteroatoms. The molecule has 5 aromatic carbocycles. The molecule has 1 atom stereocenters. The van der Waals surface area contributed by atoms with Crippen LogP contribution < -0.4 is 0 Å². The summed E-state index contributed by atoms with van der Waals surface area (Å²) in [6.45, 7) is 4.27. The maximum atomic E-state index is 11.2. The van der Waals surface area contributed by atoms with E-state index in [4.69, 9.17) is 0 Å². The van der Waals surface area contributed by atoms with Crippen LogP contribution in [0.4, 0.5) is 0 Å². The molecule has 0 aromatic heterocycles. The second kappa shape index (κ2) is 7.95. The van der Waals surface area contributed by atoms with Gasteiger partial charge in [0.1, 0.15) is 5.75 Å². The Morgan fingerprint density at radius 2 is 1.16 bits per heavy atom. The summed E-state index contributed by atoms with van der Waals surface area (Å²) >= 11 is 0. The molecule has 37 heavy (non-hydrogen) atoms. The van der Waals surface area contributed by atoms with Crippen molar-refractivity contribution in [1.82, 2.24) is 0 Å². The third-order valence-electron chi connectivity index (χ3n) is 8.82. The molecule has 1 spiro atoms. The quantitative estimate of drug-likeness (QED) is 0.251. The molecule has 1 N–H and O–H groups in total. The van der Waals surface area contributed by atoms with E-state index in [1.807, 2.05) is 0 Å². The van der Waals surface area contributed by atoms with Crippen LogP contribution in [0.2, 0.25) is 0 Å². The second-order valence-corrected chi connectivity index (χ2v) is 10.9. The van der Waals surface area contributed by atoms with Crippen molar-refractivity contribution in [3.63, 3.8) is 0 Å². The van der Waals surface area contributed by atoms with Gasteiger partial charge in [-0.3, -0.25) is 0 Å². The van der Waals surface area contributed by atoms with Crippen molar-refractivity contribution in [1.29, 1.82) is 0 Å². The number of phenols is 1. The lowest BCUT2D eigenvalue weighted by Gasteiger charge is -2.42. The first-order chi connectivity index (χ1) is 18.0. The van der Waals surface area contributed by atoms with Crippen LogP contribution in [0.1, 0.15) is 46.2 Å². The molecule has 2 aliphatic carbocycles. The van der Waals surface area contributed by atoms with Gasteiger partial charge in [0.15, 0.2) is 0 Å². The first-order valence-corrected chi connectivity index (χ1v) is 13.2. The highest BCUT2D eigenvalue weighted by Gasteiger charge is 2.48. The maximum Gasteiger partial charge on any atom is 0.123 e. The standard InChI is InChI=1S/C36H30O/c1-24-13-15-28-30(21-24)33(37)23-32-34(28)29-16-14-25(2)22-31(29)36(32)19-17-35(18-20-36,26-9-5-3-6-10-26)27-11-7-4-8-12-27/h3-17,19,21-23,37H,18,20H2,1-2H3. The number of fused-ring (bicyclic) bond motifs is 7. The Labute approximate surface area is 218 Å². The molecule has 0 saturated heterocycles. The topological polar surface area (TPSA) is 20.2 Å². The Hall–Kier alpha value is -4.10. The number of benzene rings is 5. The fourth-order valence-corrected chi connectivity index (χ4v) is 6.97. The Bertz CT molecular complexity index is 1650. The molecular weight excluding hydrogens is 448 g/mol. The number of allylic oxidation sites excluding steroid dienone is 2. The van der Waals surface area contributed by atoms with Crippen molar-refractivity contribution in [2.75, 3.05) is 0 Å². The molecule has 1 unspecified atom stereocenters. The summed E-state index contributed by atoms with van der Waals surface area (Å²) in [6, 6.07) is 37.2. The van der Waals surface area contributed by atoms with Gasteiger partial charge in [-0.2, -0.15) is 0 Å². The zero-order chi connectivity index (χ0) is 25.2. The SMILES string of the molecule is Cc1ccc2c(c1)C1(C=CC(c3ccccc3)(c3ccccc3)CC1)c1cc(O)c3cc(C)ccc3c1-2. The second-order valence-electron chi connectivity index (χ2n) is 10.9. The lowest BCUT2D eigenvalue weighted by atomic mass is 9.60. The van der Waals surface area contributed by atoms with Crippen LogP contribution in [0.3, 0.4) is 0 Å². The molecule has 1 nitrogen and oxygen atoms in total. The number of hydrogen-bond acceptors (Lipinski definition) is 1. The lowest BCUT2D eigenvalue weighted by molar-refractivity contribution is 0.440. The molecule has 0 heterocycles. The van der Waals surface area contributed by atoms with Crippen molar-refractivity contribution in [3.8, 4) is 16.9 Å². The van der Waals surface area contributed by atoms with E-state index in [1.165, 1.54) is 38.9 Å². The maximum absolute atomic E-state index is 11.2. The van der Waals surface area contributed by atoms with Crippen LogP contribution in [-0.4, -0.2) is 5.11 Å². The van der Waals surface area contributed by atoms with Gasteiger partial charge in [-0.25, -0.2) is 0 Å². The van der Waals surface area contributed by atoms with Crippen LogP contribution >= 0.6 is 0 Å². The normalized spacial score (nSPS) is 19.2. The van der Waals surface area contributed by atoms with E-state index in [9.17, 15) is 5.11 Å². The van der Waals surface area contributed by atoms with Gasteiger partial charge in [0, 0.05) is 16.2 Å². The minimum atomic E-state index is -0.264. The average Bonchev–Trinajstić information content (AvgIpc) is 3.19. The highest BCUT2D eigenvalue weighted by atomic mass is 16.3. The largest absolute Gasteiger partial charge is 0.507 e. The van der Waals surface area contributed by atoms with Crippen molar-refractivity contribution in [2.45, 2.75) is 37.5 Å². The van der Waals surface area contributed by atoms with Gasteiger partial charge in [0.25, 0.3) is 0 Å². The van der Waals surface area contributed by atoms with Crippen LogP contribution in [0, 0.1) is 13.8 Å². The zero-order valence-electron chi connectivity index (χ0n) is 21.3. The predicted molar refractivity (Wildman–Crippen MR) is 153 cm³/mol. The van der Waals surface area contributed by atoms with Crippen LogP contribution in [0.15, 0.2) is 115 Å². The van der Waals surface area contributed by atoms with E-state index < -0.39 is 0 Å². The molecular formula is C36H30O. The molecule has 0 bridgehead atoms.